The van der Waals surface area contributed by atoms with E-state index in [2.05, 4.69) is 18.2 Å². The molecule has 0 saturated carbocycles. The first kappa shape index (κ1) is 30.5. The number of benzene rings is 2. The van der Waals surface area contributed by atoms with Gasteiger partial charge < -0.3 is 4.55 Å². The Labute approximate surface area is 202 Å². The SMILES string of the molecule is CS(=O)(=O)c1ccc2cc([S+]3CCCC3)ccc2c1.O=S(=O)([O-])C(F)(F)C(F)(F)C(F)(F)C(F)(F)F. The molecule has 0 unspecified atom stereocenters. The van der Waals surface area contributed by atoms with E-state index in [-0.39, 0.29) is 0 Å². The normalized spacial score (nSPS) is 16.6. The van der Waals surface area contributed by atoms with Crippen LogP contribution in [0.15, 0.2) is 46.2 Å². The molecule has 0 aliphatic carbocycles. The lowest BCUT2D eigenvalue weighted by Crippen LogP contribution is -2.63. The summed E-state index contributed by atoms with van der Waals surface area (Å²) >= 11 is 0. The summed E-state index contributed by atoms with van der Waals surface area (Å²) in [5, 5.41) is -4.96. The zero-order valence-electron chi connectivity index (χ0n) is 18.0. The van der Waals surface area contributed by atoms with Crippen LogP contribution in [0.1, 0.15) is 12.8 Å². The minimum Gasteiger partial charge on any atom is -0.743 e. The monoisotopic (exact) mass is 592 g/mol. The fourth-order valence-corrected chi connectivity index (χ4v) is 6.45. The molecule has 0 bridgehead atoms. The van der Waals surface area contributed by atoms with Gasteiger partial charge in [0.1, 0.15) is 11.5 Å². The molecule has 36 heavy (non-hydrogen) atoms. The smallest absolute Gasteiger partial charge is 0.460 e. The van der Waals surface area contributed by atoms with Crippen LogP contribution in [0.2, 0.25) is 0 Å². The average Bonchev–Trinajstić information content (AvgIpc) is 3.26. The molecule has 1 aliphatic heterocycles. The van der Waals surface area contributed by atoms with Gasteiger partial charge in [-0.3, -0.25) is 0 Å². The molecule has 3 rings (SSSR count). The van der Waals surface area contributed by atoms with Crippen molar-refractivity contribution in [2.45, 2.75) is 45.9 Å². The van der Waals surface area contributed by atoms with E-state index in [1.54, 1.807) is 12.1 Å². The van der Waals surface area contributed by atoms with E-state index in [9.17, 15) is 60.9 Å². The molecule has 0 amide bonds. The molecule has 0 radical (unpaired) electrons. The lowest BCUT2D eigenvalue weighted by atomic mass is 10.1. The Hall–Kier alpha value is -1.72. The Morgan fingerprint density at radius 3 is 1.67 bits per heavy atom. The van der Waals surface area contributed by atoms with Crippen LogP contribution in [0.25, 0.3) is 10.8 Å². The van der Waals surface area contributed by atoms with Gasteiger partial charge in [-0.15, -0.1) is 0 Å². The van der Waals surface area contributed by atoms with Crippen molar-refractivity contribution in [3.8, 4) is 0 Å². The molecule has 2 aromatic carbocycles. The minimum absolute atomic E-state index is 0.399. The number of fused-ring (bicyclic) bond motifs is 1. The molecule has 1 heterocycles. The third-order valence-electron chi connectivity index (χ3n) is 5.01. The van der Waals surface area contributed by atoms with Crippen molar-refractivity contribution in [2.24, 2.45) is 0 Å². The number of alkyl halides is 9. The van der Waals surface area contributed by atoms with Gasteiger partial charge in [-0.2, -0.15) is 39.5 Å². The van der Waals surface area contributed by atoms with E-state index in [0.29, 0.717) is 15.8 Å². The second-order valence-corrected chi connectivity index (χ2v) is 13.4. The van der Waals surface area contributed by atoms with E-state index in [1.165, 1.54) is 35.5 Å². The van der Waals surface area contributed by atoms with Crippen molar-refractivity contribution >= 4 is 41.6 Å². The molecular formula is C19H17F9O5S3. The summed E-state index contributed by atoms with van der Waals surface area (Å²) in [7, 11) is -10.1. The van der Waals surface area contributed by atoms with E-state index in [4.69, 9.17) is 0 Å². The van der Waals surface area contributed by atoms with Gasteiger partial charge in [-0.1, -0.05) is 6.07 Å². The molecule has 0 atom stereocenters. The van der Waals surface area contributed by atoms with Gasteiger partial charge in [0.2, 0.25) is 0 Å². The number of hydrogen-bond donors (Lipinski definition) is 0. The number of sulfone groups is 1. The molecule has 5 nitrogen and oxygen atoms in total. The summed E-state index contributed by atoms with van der Waals surface area (Å²) < 4.78 is 159. The molecule has 1 aliphatic rings. The highest BCUT2D eigenvalue weighted by Crippen LogP contribution is 2.54. The van der Waals surface area contributed by atoms with Gasteiger partial charge in [0.25, 0.3) is 0 Å². The topological polar surface area (TPSA) is 91.3 Å². The summed E-state index contributed by atoms with van der Waals surface area (Å²) in [5.74, 6) is -12.2. The molecule has 0 spiro atoms. The maximum absolute atomic E-state index is 12.2. The summed E-state index contributed by atoms with van der Waals surface area (Å²) in [4.78, 5) is 1.83. The lowest BCUT2D eigenvalue weighted by molar-refractivity contribution is -0.382. The van der Waals surface area contributed by atoms with Crippen molar-refractivity contribution in [1.82, 2.24) is 0 Å². The first-order chi connectivity index (χ1) is 16.0. The van der Waals surface area contributed by atoms with Crippen molar-refractivity contribution in [2.75, 3.05) is 17.8 Å². The summed E-state index contributed by atoms with van der Waals surface area (Å²) in [5.41, 5.74) is 0. The van der Waals surface area contributed by atoms with Crippen LogP contribution < -0.4 is 0 Å². The van der Waals surface area contributed by atoms with Crippen LogP contribution in [0.4, 0.5) is 39.5 Å². The molecular weight excluding hydrogens is 575 g/mol. The minimum atomic E-state index is -7.43. The van der Waals surface area contributed by atoms with Crippen LogP contribution in [-0.2, 0) is 30.9 Å². The molecule has 204 valence electrons. The third kappa shape index (κ3) is 5.88. The largest absolute Gasteiger partial charge is 0.743 e. The average molecular weight is 593 g/mol. The predicted molar refractivity (Wildman–Crippen MR) is 112 cm³/mol. The van der Waals surface area contributed by atoms with Crippen LogP contribution in [-0.4, -0.2) is 62.4 Å². The van der Waals surface area contributed by atoms with E-state index in [1.807, 2.05) is 6.07 Å². The third-order valence-corrected chi connectivity index (χ3v) is 9.48. The second-order valence-electron chi connectivity index (χ2n) is 7.67. The number of hydrogen-bond acceptors (Lipinski definition) is 5. The number of rotatable bonds is 5. The summed E-state index contributed by atoms with van der Waals surface area (Å²) in [6.07, 6.45) is -3.23. The van der Waals surface area contributed by atoms with Crippen molar-refractivity contribution < 1.29 is 60.9 Å². The van der Waals surface area contributed by atoms with Gasteiger partial charge >= 0.3 is 23.3 Å². The first-order valence-corrected chi connectivity index (χ1v) is 14.5. The van der Waals surface area contributed by atoms with E-state index >= 15 is 0 Å². The molecule has 17 heteroatoms. The van der Waals surface area contributed by atoms with Crippen molar-refractivity contribution in [3.05, 3.63) is 36.4 Å². The van der Waals surface area contributed by atoms with Crippen LogP contribution in [0.3, 0.4) is 0 Å². The summed E-state index contributed by atoms with van der Waals surface area (Å²) in [6, 6.07) is 11.9. The highest BCUT2D eigenvalue weighted by atomic mass is 32.2. The molecule has 1 saturated heterocycles. The zero-order chi connectivity index (χ0) is 28.0. The van der Waals surface area contributed by atoms with Crippen molar-refractivity contribution in [1.29, 1.82) is 0 Å². The van der Waals surface area contributed by atoms with E-state index < -0.39 is 43.2 Å². The predicted octanol–water partition coefficient (Wildman–Crippen LogP) is 4.97. The Morgan fingerprint density at radius 1 is 0.750 bits per heavy atom. The maximum Gasteiger partial charge on any atom is 0.460 e. The van der Waals surface area contributed by atoms with Crippen LogP contribution in [0.5, 0.6) is 0 Å². The second kappa shape index (κ2) is 9.87. The Morgan fingerprint density at radius 2 is 1.22 bits per heavy atom. The van der Waals surface area contributed by atoms with Crippen molar-refractivity contribution in [3.63, 3.8) is 0 Å². The molecule has 1 fully saturated rings. The fraction of sp³-hybridized carbons (Fsp3) is 0.474. The lowest BCUT2D eigenvalue weighted by Gasteiger charge is -2.34. The first-order valence-electron chi connectivity index (χ1n) is 9.61. The van der Waals surface area contributed by atoms with Gasteiger partial charge in [0.15, 0.2) is 24.9 Å². The fourth-order valence-electron chi connectivity index (χ4n) is 3.02. The van der Waals surface area contributed by atoms with Gasteiger partial charge in [-0.25, -0.2) is 16.8 Å². The van der Waals surface area contributed by atoms with Crippen LogP contribution in [0, 0.1) is 0 Å². The van der Waals surface area contributed by atoms with Crippen LogP contribution >= 0.6 is 0 Å². The Balaban J connectivity index is 0.000000256. The van der Waals surface area contributed by atoms with Gasteiger partial charge in [-0.05, 0) is 47.9 Å². The standard InChI is InChI=1S/C15H17O2S2.C4HF9O3S/c1-19(16,17)15-7-5-12-10-14(6-4-13(12)11-15)18-8-2-3-9-18;5-1(6,3(9,10)11)2(7,8)4(12,13)17(14,15)16/h4-7,10-11H,2-3,8-9H2,1H3;(H,14,15,16)/q+1;/p-1. The molecule has 0 aromatic heterocycles. The highest BCUT2D eigenvalue weighted by molar-refractivity contribution is 7.97. The molecule has 2 aromatic rings. The zero-order valence-corrected chi connectivity index (χ0v) is 20.4. The van der Waals surface area contributed by atoms with E-state index in [0.717, 1.165) is 10.8 Å². The number of halogens is 9. The maximum atomic E-state index is 12.2. The Bertz CT molecular complexity index is 1320. The quantitative estimate of drug-likeness (QED) is 0.278. The van der Waals surface area contributed by atoms with Gasteiger partial charge in [0.05, 0.1) is 4.90 Å². The van der Waals surface area contributed by atoms with Gasteiger partial charge in [0, 0.05) is 23.2 Å². The molecule has 0 N–H and O–H groups in total. The summed E-state index contributed by atoms with van der Waals surface area (Å²) in [6.45, 7) is 0. The highest BCUT2D eigenvalue weighted by Gasteiger charge is 2.83. The Kier molecular flexibility index (Phi) is 8.36.